The van der Waals surface area contributed by atoms with Gasteiger partial charge in [-0.1, -0.05) is 102 Å². The molecule has 0 saturated carbocycles. The maximum atomic E-state index is 14.7. The predicted octanol–water partition coefficient (Wildman–Crippen LogP) is 9.58. The van der Waals surface area contributed by atoms with Gasteiger partial charge in [-0.25, -0.2) is 4.39 Å². The number of hydrogen-bond donors (Lipinski definition) is 0. The number of pyridine rings is 1. The molecule has 0 bridgehead atoms. The molecular formula is C31H40FN. The summed E-state index contributed by atoms with van der Waals surface area (Å²) in [6.45, 7) is 4.45. The minimum atomic E-state index is -0.182. The fraction of sp³-hybridized carbons (Fsp3) is 0.452. The van der Waals surface area contributed by atoms with Gasteiger partial charge in [-0.15, -0.1) is 0 Å². The first-order chi connectivity index (χ1) is 16.2. The summed E-state index contributed by atoms with van der Waals surface area (Å²) in [5.74, 6) is -0.182. The number of rotatable bonds is 14. The zero-order chi connectivity index (χ0) is 23.3. The van der Waals surface area contributed by atoms with Crippen molar-refractivity contribution in [2.24, 2.45) is 0 Å². The van der Waals surface area contributed by atoms with Crippen molar-refractivity contribution in [2.45, 2.75) is 90.9 Å². The van der Waals surface area contributed by atoms with Gasteiger partial charge in [0.1, 0.15) is 5.82 Å². The van der Waals surface area contributed by atoms with E-state index in [1.54, 1.807) is 6.07 Å². The first-order valence-corrected chi connectivity index (χ1v) is 13.1. The second kappa shape index (κ2) is 13.9. The molecule has 0 aliphatic heterocycles. The second-order valence-corrected chi connectivity index (χ2v) is 9.27. The number of aryl methyl sites for hydroxylation is 2. The van der Waals surface area contributed by atoms with Crippen molar-refractivity contribution in [3.63, 3.8) is 0 Å². The van der Waals surface area contributed by atoms with E-state index in [4.69, 9.17) is 0 Å². The zero-order valence-electron chi connectivity index (χ0n) is 20.6. The molecule has 0 amide bonds. The fourth-order valence-electron chi connectivity index (χ4n) is 4.38. The van der Waals surface area contributed by atoms with Gasteiger partial charge in [0.05, 0.1) is 5.69 Å². The van der Waals surface area contributed by atoms with E-state index in [-0.39, 0.29) is 5.82 Å². The Kier molecular flexibility index (Phi) is 10.6. The van der Waals surface area contributed by atoms with E-state index >= 15 is 0 Å². The Balaban J connectivity index is 1.53. The summed E-state index contributed by atoms with van der Waals surface area (Å²) in [5.41, 5.74) is 5.95. The minimum Gasteiger partial charge on any atom is -0.256 e. The first kappa shape index (κ1) is 25.1. The highest BCUT2D eigenvalue weighted by Gasteiger charge is 2.08. The van der Waals surface area contributed by atoms with Crippen LogP contribution in [0.25, 0.3) is 22.4 Å². The second-order valence-electron chi connectivity index (χ2n) is 9.27. The van der Waals surface area contributed by atoms with Crippen molar-refractivity contribution in [3.8, 4) is 22.4 Å². The Bertz CT molecular complexity index is 944. The molecule has 0 spiro atoms. The van der Waals surface area contributed by atoms with Crippen LogP contribution in [0, 0.1) is 5.82 Å². The van der Waals surface area contributed by atoms with Crippen LogP contribution in [0.2, 0.25) is 0 Å². The minimum absolute atomic E-state index is 0.182. The van der Waals surface area contributed by atoms with Gasteiger partial charge in [-0.05, 0) is 60.6 Å². The first-order valence-electron chi connectivity index (χ1n) is 13.1. The molecule has 0 fully saturated rings. The Morgan fingerprint density at radius 2 is 1.18 bits per heavy atom. The quantitative estimate of drug-likeness (QED) is 0.225. The number of aromatic nitrogens is 1. The van der Waals surface area contributed by atoms with Crippen molar-refractivity contribution < 1.29 is 4.39 Å². The zero-order valence-corrected chi connectivity index (χ0v) is 20.6. The van der Waals surface area contributed by atoms with E-state index in [0.29, 0.717) is 11.3 Å². The number of nitrogens with zero attached hydrogens (tertiary/aromatic N) is 1. The van der Waals surface area contributed by atoms with Crippen LogP contribution < -0.4 is 0 Å². The summed E-state index contributed by atoms with van der Waals surface area (Å²) < 4.78 is 14.7. The van der Waals surface area contributed by atoms with Gasteiger partial charge in [-0.2, -0.15) is 0 Å². The van der Waals surface area contributed by atoms with Crippen LogP contribution in [0.15, 0.2) is 60.8 Å². The molecule has 176 valence electrons. The lowest BCUT2D eigenvalue weighted by Crippen LogP contribution is -1.92. The summed E-state index contributed by atoms with van der Waals surface area (Å²) >= 11 is 0. The summed E-state index contributed by atoms with van der Waals surface area (Å²) in [4.78, 5) is 4.56. The molecule has 0 atom stereocenters. The molecule has 3 aromatic rings. The van der Waals surface area contributed by atoms with Crippen LogP contribution in [0.4, 0.5) is 4.39 Å². The molecule has 1 aromatic heterocycles. The summed E-state index contributed by atoms with van der Waals surface area (Å²) in [7, 11) is 0. The number of hydrogen-bond acceptors (Lipinski definition) is 1. The molecular weight excluding hydrogens is 405 g/mol. The predicted molar refractivity (Wildman–Crippen MR) is 140 cm³/mol. The maximum Gasteiger partial charge on any atom is 0.132 e. The fourth-order valence-corrected chi connectivity index (χ4v) is 4.38. The molecule has 1 heterocycles. The van der Waals surface area contributed by atoms with Crippen LogP contribution >= 0.6 is 0 Å². The van der Waals surface area contributed by atoms with E-state index in [1.807, 2.05) is 30.5 Å². The standard InChI is InChI=1S/C31H40FN/c1-3-5-7-8-9-10-12-13-25-15-18-27(19-16-25)28-20-22-31(33-24-28)29-21-17-26(23-30(29)32)14-11-6-4-2/h15-24H,3-14H2,1-2H3. The van der Waals surface area contributed by atoms with Gasteiger partial charge in [-0.3, -0.25) is 4.98 Å². The summed E-state index contributed by atoms with van der Waals surface area (Å²) in [5, 5.41) is 0. The Labute approximate surface area is 200 Å². The Morgan fingerprint density at radius 1 is 0.606 bits per heavy atom. The van der Waals surface area contributed by atoms with Gasteiger partial charge < -0.3 is 0 Å². The molecule has 3 rings (SSSR count). The van der Waals surface area contributed by atoms with E-state index in [2.05, 4.69) is 43.1 Å². The third-order valence-electron chi connectivity index (χ3n) is 6.50. The Morgan fingerprint density at radius 3 is 1.85 bits per heavy atom. The number of unbranched alkanes of at least 4 members (excludes halogenated alkanes) is 8. The average molecular weight is 446 g/mol. The van der Waals surface area contributed by atoms with E-state index in [9.17, 15) is 4.39 Å². The van der Waals surface area contributed by atoms with Crippen molar-refractivity contribution in [1.82, 2.24) is 4.98 Å². The van der Waals surface area contributed by atoms with E-state index < -0.39 is 0 Å². The molecule has 0 radical (unpaired) electrons. The average Bonchev–Trinajstić information content (AvgIpc) is 2.84. The molecule has 2 aromatic carbocycles. The van der Waals surface area contributed by atoms with Crippen molar-refractivity contribution >= 4 is 0 Å². The van der Waals surface area contributed by atoms with E-state index in [1.165, 1.54) is 63.4 Å². The van der Waals surface area contributed by atoms with Crippen LogP contribution in [0.3, 0.4) is 0 Å². The molecule has 0 saturated heterocycles. The van der Waals surface area contributed by atoms with Crippen molar-refractivity contribution in [1.29, 1.82) is 0 Å². The number of halogens is 1. The van der Waals surface area contributed by atoms with Crippen LogP contribution in [0.5, 0.6) is 0 Å². The van der Waals surface area contributed by atoms with Gasteiger partial charge in [0.25, 0.3) is 0 Å². The third kappa shape index (κ3) is 8.11. The maximum absolute atomic E-state index is 14.7. The van der Waals surface area contributed by atoms with E-state index in [0.717, 1.165) is 36.0 Å². The molecule has 0 aliphatic rings. The molecule has 1 nitrogen and oxygen atoms in total. The van der Waals surface area contributed by atoms with Crippen LogP contribution in [-0.4, -0.2) is 4.98 Å². The van der Waals surface area contributed by atoms with Crippen molar-refractivity contribution in [3.05, 3.63) is 77.7 Å². The molecule has 0 N–H and O–H groups in total. The topological polar surface area (TPSA) is 12.9 Å². The van der Waals surface area contributed by atoms with Gasteiger partial charge in [0, 0.05) is 17.3 Å². The molecule has 2 heteroatoms. The molecule has 0 unspecified atom stereocenters. The monoisotopic (exact) mass is 445 g/mol. The lowest BCUT2D eigenvalue weighted by Gasteiger charge is -2.08. The smallest absolute Gasteiger partial charge is 0.132 e. The Hall–Kier alpha value is -2.48. The SMILES string of the molecule is CCCCCCCCCc1ccc(-c2ccc(-c3ccc(CCCCC)cc3F)nc2)cc1. The highest BCUT2D eigenvalue weighted by Crippen LogP contribution is 2.26. The molecule has 33 heavy (non-hydrogen) atoms. The van der Waals surface area contributed by atoms with Crippen LogP contribution in [0.1, 0.15) is 89.2 Å². The summed E-state index contributed by atoms with van der Waals surface area (Å²) in [6, 6.07) is 18.4. The van der Waals surface area contributed by atoms with Gasteiger partial charge >= 0.3 is 0 Å². The van der Waals surface area contributed by atoms with Crippen molar-refractivity contribution in [2.75, 3.05) is 0 Å². The highest BCUT2D eigenvalue weighted by molar-refractivity contribution is 5.67. The molecule has 0 aliphatic carbocycles. The number of benzene rings is 2. The lowest BCUT2D eigenvalue weighted by atomic mass is 10.0. The summed E-state index contributed by atoms with van der Waals surface area (Å²) in [6.07, 6.45) is 16.8. The normalized spacial score (nSPS) is 11.1. The van der Waals surface area contributed by atoms with Gasteiger partial charge in [0.15, 0.2) is 0 Å². The highest BCUT2D eigenvalue weighted by atomic mass is 19.1. The van der Waals surface area contributed by atoms with Gasteiger partial charge in [0.2, 0.25) is 0 Å². The largest absolute Gasteiger partial charge is 0.256 e. The lowest BCUT2D eigenvalue weighted by molar-refractivity contribution is 0.589. The third-order valence-corrected chi connectivity index (χ3v) is 6.50. The van der Waals surface area contributed by atoms with Crippen LogP contribution in [-0.2, 0) is 12.8 Å².